The van der Waals surface area contributed by atoms with Crippen LogP contribution in [0.5, 0.6) is 0 Å². The molecule has 7 heteroatoms. The van der Waals surface area contributed by atoms with Gasteiger partial charge in [0.1, 0.15) is 10.6 Å². The minimum absolute atomic E-state index is 0.00206. The Morgan fingerprint density at radius 2 is 1.84 bits per heavy atom. The average Bonchev–Trinajstić information content (AvgIpc) is 2.77. The molecule has 0 aliphatic carbocycles. The highest BCUT2D eigenvalue weighted by Crippen LogP contribution is 2.12. The number of nitrogens with two attached hydrogens (primary N) is 1. The predicted molar refractivity (Wildman–Crippen MR) is 67.9 cm³/mol. The first-order valence-electron chi connectivity index (χ1n) is 5.39. The van der Waals surface area contributed by atoms with E-state index in [4.69, 9.17) is 10.0 Å². The van der Waals surface area contributed by atoms with Gasteiger partial charge < -0.3 is 5.73 Å². The molecular weight excluding hydrogens is 268 g/mol. The van der Waals surface area contributed by atoms with E-state index < -0.39 is 16.0 Å². The zero-order chi connectivity index (χ0) is 14.0. The molecule has 0 unspecified atom stereocenters. The highest BCUT2D eigenvalue weighted by atomic mass is 32.2. The van der Waals surface area contributed by atoms with Crippen LogP contribution in [-0.4, -0.2) is 19.1 Å². The molecule has 0 bridgehead atoms. The zero-order valence-corrected chi connectivity index (χ0v) is 10.9. The topological polar surface area (TPSA) is 91.4 Å². The van der Waals surface area contributed by atoms with Crippen LogP contribution in [0.3, 0.4) is 0 Å². The van der Waals surface area contributed by atoms with Gasteiger partial charge in [0.15, 0.2) is 0 Å². The molecule has 1 heterocycles. The van der Waals surface area contributed by atoms with Crippen molar-refractivity contribution in [3.05, 3.63) is 53.9 Å². The van der Waals surface area contributed by atoms with Crippen molar-refractivity contribution in [1.29, 1.82) is 0 Å². The third-order valence-corrected chi connectivity index (χ3v) is 3.66. The molecule has 0 spiro atoms. The van der Waals surface area contributed by atoms with Gasteiger partial charge in [-0.25, -0.2) is 0 Å². The standard InChI is InChI=1S/C12H12N2O4S/c1-9-4-6-10(7-5-9)19(16,17)18-14-8-2-3-11(14)12(13)15/h2-8H,1H3,(H2,13,15). The van der Waals surface area contributed by atoms with Crippen LogP contribution in [-0.2, 0) is 10.1 Å². The Morgan fingerprint density at radius 1 is 1.21 bits per heavy atom. The smallest absolute Gasteiger partial charge is 0.357 e. The molecule has 2 aromatic rings. The van der Waals surface area contributed by atoms with Crippen molar-refractivity contribution in [2.24, 2.45) is 5.73 Å². The van der Waals surface area contributed by atoms with Gasteiger partial charge in [0.2, 0.25) is 0 Å². The van der Waals surface area contributed by atoms with E-state index in [2.05, 4.69) is 0 Å². The molecule has 1 amide bonds. The minimum atomic E-state index is -4.00. The number of carbonyl (C=O) groups is 1. The van der Waals surface area contributed by atoms with E-state index in [-0.39, 0.29) is 10.6 Å². The summed E-state index contributed by atoms with van der Waals surface area (Å²) in [4.78, 5) is 11.1. The van der Waals surface area contributed by atoms with Crippen molar-refractivity contribution in [2.75, 3.05) is 0 Å². The Morgan fingerprint density at radius 3 is 2.42 bits per heavy atom. The van der Waals surface area contributed by atoms with E-state index in [1.165, 1.54) is 30.5 Å². The van der Waals surface area contributed by atoms with E-state index in [1.807, 2.05) is 6.92 Å². The second kappa shape index (κ2) is 4.77. The zero-order valence-electron chi connectivity index (χ0n) is 10.1. The van der Waals surface area contributed by atoms with Crippen molar-refractivity contribution < 1.29 is 17.5 Å². The van der Waals surface area contributed by atoms with Crippen LogP contribution in [0, 0.1) is 6.92 Å². The van der Waals surface area contributed by atoms with E-state index in [1.54, 1.807) is 12.1 Å². The van der Waals surface area contributed by atoms with Gasteiger partial charge in [-0.15, -0.1) is 0 Å². The van der Waals surface area contributed by atoms with Gasteiger partial charge in [-0.2, -0.15) is 13.1 Å². The number of carbonyl (C=O) groups excluding carboxylic acids is 1. The van der Waals surface area contributed by atoms with Crippen LogP contribution in [0.1, 0.15) is 16.1 Å². The molecule has 0 atom stereocenters. The lowest BCUT2D eigenvalue weighted by Gasteiger charge is -2.09. The van der Waals surface area contributed by atoms with Crippen LogP contribution in [0.2, 0.25) is 0 Å². The summed E-state index contributed by atoms with van der Waals surface area (Å²) in [5, 5.41) is 0. The summed E-state index contributed by atoms with van der Waals surface area (Å²) in [6.07, 6.45) is 1.30. The van der Waals surface area contributed by atoms with Crippen molar-refractivity contribution in [3.63, 3.8) is 0 Å². The molecule has 100 valence electrons. The maximum Gasteiger partial charge on any atom is 0.357 e. The number of aromatic nitrogens is 1. The molecule has 0 saturated heterocycles. The monoisotopic (exact) mass is 280 g/mol. The van der Waals surface area contributed by atoms with Gasteiger partial charge in [0, 0.05) is 6.20 Å². The highest BCUT2D eigenvalue weighted by molar-refractivity contribution is 7.87. The van der Waals surface area contributed by atoms with Crippen molar-refractivity contribution in [1.82, 2.24) is 4.73 Å². The normalized spacial score (nSPS) is 11.2. The Balaban J connectivity index is 2.34. The molecule has 2 N–H and O–H groups in total. The third-order valence-electron chi connectivity index (χ3n) is 2.45. The highest BCUT2D eigenvalue weighted by Gasteiger charge is 2.19. The number of aryl methyl sites for hydroxylation is 1. The summed E-state index contributed by atoms with van der Waals surface area (Å²) in [5.41, 5.74) is 5.98. The predicted octanol–water partition coefficient (Wildman–Crippen LogP) is 0.713. The van der Waals surface area contributed by atoms with E-state index in [9.17, 15) is 13.2 Å². The lowest BCUT2D eigenvalue weighted by molar-refractivity contribution is 0.0976. The summed E-state index contributed by atoms with van der Waals surface area (Å²) in [5.74, 6) is -0.774. The van der Waals surface area contributed by atoms with Crippen LogP contribution in [0.15, 0.2) is 47.5 Å². The number of rotatable bonds is 4. The Bertz CT molecular complexity index is 702. The summed E-state index contributed by atoms with van der Waals surface area (Å²) in [6.45, 7) is 1.84. The fraction of sp³-hybridized carbons (Fsp3) is 0.0833. The van der Waals surface area contributed by atoms with Gasteiger partial charge in [0.25, 0.3) is 5.91 Å². The fourth-order valence-corrected chi connectivity index (χ4v) is 2.37. The number of amides is 1. The molecule has 2 rings (SSSR count). The van der Waals surface area contributed by atoms with Crippen molar-refractivity contribution >= 4 is 16.0 Å². The number of benzene rings is 1. The molecular formula is C12H12N2O4S. The first kappa shape index (κ1) is 13.2. The maximum atomic E-state index is 12.0. The molecule has 19 heavy (non-hydrogen) atoms. The lowest BCUT2D eigenvalue weighted by Crippen LogP contribution is -2.25. The molecule has 1 aromatic heterocycles. The van der Waals surface area contributed by atoms with Crippen LogP contribution in [0.4, 0.5) is 0 Å². The van der Waals surface area contributed by atoms with Gasteiger partial charge in [-0.1, -0.05) is 17.7 Å². The molecule has 0 fully saturated rings. The van der Waals surface area contributed by atoms with E-state index >= 15 is 0 Å². The number of hydrogen-bond acceptors (Lipinski definition) is 4. The molecule has 6 nitrogen and oxygen atoms in total. The fourth-order valence-electron chi connectivity index (χ4n) is 1.48. The van der Waals surface area contributed by atoms with Gasteiger partial charge in [-0.05, 0) is 31.2 Å². The summed E-state index contributed by atoms with van der Waals surface area (Å²) < 4.78 is 29.7. The number of nitrogens with zero attached hydrogens (tertiary/aromatic N) is 1. The van der Waals surface area contributed by atoms with Crippen LogP contribution < -0.4 is 10.0 Å². The Labute approximate surface area is 110 Å². The summed E-state index contributed by atoms with van der Waals surface area (Å²) >= 11 is 0. The van der Waals surface area contributed by atoms with Crippen molar-refractivity contribution in [3.8, 4) is 0 Å². The largest absolute Gasteiger partial charge is 0.364 e. The maximum absolute atomic E-state index is 12.0. The Hall–Kier alpha value is -2.28. The van der Waals surface area contributed by atoms with Crippen molar-refractivity contribution in [2.45, 2.75) is 11.8 Å². The first-order chi connectivity index (χ1) is 8.90. The molecule has 0 aliphatic heterocycles. The third kappa shape index (κ3) is 2.76. The van der Waals surface area contributed by atoms with Gasteiger partial charge in [-0.3, -0.25) is 9.08 Å². The molecule has 0 saturated carbocycles. The average molecular weight is 280 g/mol. The first-order valence-corrected chi connectivity index (χ1v) is 6.80. The number of hydrogen-bond donors (Lipinski definition) is 1. The summed E-state index contributed by atoms with van der Waals surface area (Å²) in [6, 6.07) is 9.00. The quantitative estimate of drug-likeness (QED) is 0.893. The molecule has 0 aliphatic rings. The second-order valence-corrected chi connectivity index (χ2v) is 5.45. The second-order valence-electron chi connectivity index (χ2n) is 3.93. The van der Waals surface area contributed by atoms with E-state index in [0.29, 0.717) is 0 Å². The molecule has 1 aromatic carbocycles. The van der Waals surface area contributed by atoms with E-state index in [0.717, 1.165) is 10.3 Å². The van der Waals surface area contributed by atoms with Crippen LogP contribution >= 0.6 is 0 Å². The SMILES string of the molecule is Cc1ccc(S(=O)(=O)On2cccc2C(N)=O)cc1. The van der Waals surface area contributed by atoms with Crippen LogP contribution in [0.25, 0.3) is 0 Å². The Kier molecular flexibility index (Phi) is 3.30. The van der Waals surface area contributed by atoms with Gasteiger partial charge in [0.05, 0.1) is 0 Å². The minimum Gasteiger partial charge on any atom is -0.364 e. The molecule has 0 radical (unpaired) electrons. The van der Waals surface area contributed by atoms with Gasteiger partial charge >= 0.3 is 10.1 Å². The lowest BCUT2D eigenvalue weighted by atomic mass is 10.2. The summed E-state index contributed by atoms with van der Waals surface area (Å²) in [7, 11) is -4.00. The number of primary amides is 1.